The highest BCUT2D eigenvalue weighted by Gasteiger charge is 2.08. The second-order valence-corrected chi connectivity index (χ2v) is 4.03. The molecule has 0 unspecified atom stereocenters. The number of nitrogens with zero attached hydrogens (tertiary/aromatic N) is 2. The zero-order chi connectivity index (χ0) is 12.8. The molecule has 0 aliphatic heterocycles. The largest absolute Gasteiger partial charge is 0.478 e. The van der Waals surface area contributed by atoms with Crippen molar-refractivity contribution in [3.05, 3.63) is 28.8 Å². The Hall–Kier alpha value is -1.71. The Bertz CT molecular complexity index is 511. The van der Waals surface area contributed by atoms with E-state index in [1.54, 1.807) is 12.4 Å². The van der Waals surface area contributed by atoms with Crippen LogP contribution in [0.1, 0.15) is 10.4 Å². The van der Waals surface area contributed by atoms with Crippen molar-refractivity contribution >= 4 is 40.2 Å². The molecule has 0 fully saturated rings. The molecule has 0 bridgehead atoms. The minimum Gasteiger partial charge on any atom is -0.478 e. The molecule has 0 aromatic heterocycles. The first-order chi connectivity index (χ1) is 8.08. The highest BCUT2D eigenvalue weighted by molar-refractivity contribution is 8.13. The number of benzene rings is 1. The molecule has 7 heteroatoms. The maximum absolute atomic E-state index is 10.7. The summed E-state index contributed by atoms with van der Waals surface area (Å²) in [5.74, 6) is -1.09. The molecule has 0 heterocycles. The minimum absolute atomic E-state index is 0.0181. The minimum atomic E-state index is -1.09. The first-order valence-electron chi connectivity index (χ1n) is 4.39. The number of thioether (sulfide) groups is 1. The summed E-state index contributed by atoms with van der Waals surface area (Å²) < 4.78 is 0. The number of nitriles is 1. The van der Waals surface area contributed by atoms with Gasteiger partial charge in [0, 0.05) is 0 Å². The van der Waals surface area contributed by atoms with E-state index in [2.05, 4.69) is 10.3 Å². The Balaban J connectivity index is 3.06. The van der Waals surface area contributed by atoms with Gasteiger partial charge in [-0.2, -0.15) is 5.26 Å². The van der Waals surface area contributed by atoms with Crippen molar-refractivity contribution in [3.63, 3.8) is 0 Å². The second kappa shape index (κ2) is 6.13. The van der Waals surface area contributed by atoms with E-state index in [0.717, 1.165) is 0 Å². The van der Waals surface area contributed by atoms with Crippen LogP contribution in [0.15, 0.2) is 23.2 Å². The Morgan fingerprint density at radius 1 is 1.65 bits per heavy atom. The molecule has 0 saturated carbocycles. The molecule has 0 spiro atoms. The fourth-order valence-electron chi connectivity index (χ4n) is 1.04. The van der Waals surface area contributed by atoms with Crippen molar-refractivity contribution in [2.45, 2.75) is 0 Å². The van der Waals surface area contributed by atoms with Crippen LogP contribution in [0.3, 0.4) is 0 Å². The van der Waals surface area contributed by atoms with Crippen molar-refractivity contribution in [1.29, 1.82) is 5.26 Å². The fraction of sp³-hybridized carbons (Fsp3) is 0.100. The molecule has 0 amide bonds. The number of carboxylic acids is 1. The summed E-state index contributed by atoms with van der Waals surface area (Å²) >= 11 is 7.05. The van der Waals surface area contributed by atoms with E-state index >= 15 is 0 Å². The monoisotopic (exact) mass is 269 g/mol. The van der Waals surface area contributed by atoms with Crippen LogP contribution in [-0.4, -0.2) is 22.5 Å². The lowest BCUT2D eigenvalue weighted by molar-refractivity contribution is 0.0697. The van der Waals surface area contributed by atoms with Gasteiger partial charge in [0.1, 0.15) is 0 Å². The summed E-state index contributed by atoms with van der Waals surface area (Å²) in [4.78, 5) is 14.8. The highest BCUT2D eigenvalue weighted by atomic mass is 35.5. The molecule has 1 aromatic carbocycles. The van der Waals surface area contributed by atoms with E-state index in [1.165, 1.54) is 30.0 Å². The molecule has 88 valence electrons. The lowest BCUT2D eigenvalue weighted by Crippen LogP contribution is -2.12. The zero-order valence-electron chi connectivity index (χ0n) is 8.77. The number of nitrogens with one attached hydrogen (secondary N) is 1. The first-order valence-corrected chi connectivity index (χ1v) is 5.99. The number of amidine groups is 1. The second-order valence-electron chi connectivity index (χ2n) is 2.83. The first kappa shape index (κ1) is 13.4. The molecule has 5 nitrogen and oxygen atoms in total. The van der Waals surface area contributed by atoms with Crippen LogP contribution in [-0.2, 0) is 0 Å². The normalized spacial score (nSPS) is 10.8. The third-order valence-electron chi connectivity index (χ3n) is 1.77. The molecule has 0 saturated heterocycles. The van der Waals surface area contributed by atoms with E-state index < -0.39 is 5.97 Å². The number of hydrogen-bond donors (Lipinski definition) is 2. The summed E-state index contributed by atoms with van der Waals surface area (Å²) in [7, 11) is 0. The highest BCUT2D eigenvalue weighted by Crippen LogP contribution is 2.23. The topological polar surface area (TPSA) is 85.5 Å². The average molecular weight is 270 g/mol. The lowest BCUT2D eigenvalue weighted by atomic mass is 10.2. The maximum atomic E-state index is 10.7. The quantitative estimate of drug-likeness (QED) is 0.373. The zero-order valence-corrected chi connectivity index (χ0v) is 10.3. The van der Waals surface area contributed by atoms with Gasteiger partial charge in [-0.15, -0.1) is 0 Å². The van der Waals surface area contributed by atoms with E-state index in [-0.39, 0.29) is 10.6 Å². The van der Waals surface area contributed by atoms with Crippen molar-refractivity contribution in [1.82, 2.24) is 5.32 Å². The summed E-state index contributed by atoms with van der Waals surface area (Å²) in [5, 5.41) is 20.2. The fourth-order valence-corrected chi connectivity index (χ4v) is 1.64. The van der Waals surface area contributed by atoms with Gasteiger partial charge < -0.3 is 5.11 Å². The number of aliphatic imine (C=N–C) groups is 1. The van der Waals surface area contributed by atoms with Gasteiger partial charge in [0.15, 0.2) is 11.4 Å². The molecule has 1 aromatic rings. The summed E-state index contributed by atoms with van der Waals surface area (Å²) in [5.41, 5.74) is 0.497. The van der Waals surface area contributed by atoms with E-state index in [4.69, 9.17) is 22.0 Å². The Kier molecular flexibility index (Phi) is 4.82. The van der Waals surface area contributed by atoms with Crippen LogP contribution in [0.4, 0.5) is 5.69 Å². The van der Waals surface area contributed by atoms with Crippen molar-refractivity contribution in [2.24, 2.45) is 4.99 Å². The summed E-state index contributed by atoms with van der Waals surface area (Å²) in [6, 6.07) is 4.32. The number of halogens is 1. The van der Waals surface area contributed by atoms with Gasteiger partial charge in [-0.05, 0) is 24.5 Å². The molecule has 0 aliphatic carbocycles. The standard InChI is InChI=1S/C10H8ClN3O2S/c1-17-10(13-5-12)14-6-2-3-7(9(15)16)8(11)4-6/h2-4H,1H3,(H,13,14)(H,15,16). The summed E-state index contributed by atoms with van der Waals surface area (Å²) in [6.07, 6.45) is 3.51. The van der Waals surface area contributed by atoms with Crippen LogP contribution in [0.25, 0.3) is 0 Å². The van der Waals surface area contributed by atoms with Gasteiger partial charge in [-0.1, -0.05) is 23.4 Å². The van der Waals surface area contributed by atoms with E-state index in [0.29, 0.717) is 10.9 Å². The average Bonchev–Trinajstić information content (AvgIpc) is 2.28. The third kappa shape index (κ3) is 3.66. The predicted octanol–water partition coefficient (Wildman–Crippen LogP) is 2.46. The third-order valence-corrected chi connectivity index (χ3v) is 2.66. The van der Waals surface area contributed by atoms with Gasteiger partial charge in [-0.3, -0.25) is 5.32 Å². The molecule has 0 atom stereocenters. The molecule has 0 aliphatic rings. The van der Waals surface area contributed by atoms with Gasteiger partial charge in [0.25, 0.3) is 0 Å². The number of carbonyl (C=O) groups is 1. The van der Waals surface area contributed by atoms with Gasteiger partial charge >= 0.3 is 5.97 Å². The van der Waals surface area contributed by atoms with Gasteiger partial charge in [0.05, 0.1) is 16.3 Å². The van der Waals surface area contributed by atoms with Crippen LogP contribution in [0.2, 0.25) is 5.02 Å². The smallest absolute Gasteiger partial charge is 0.337 e. The number of hydrogen-bond acceptors (Lipinski definition) is 4. The maximum Gasteiger partial charge on any atom is 0.337 e. The Morgan fingerprint density at radius 2 is 2.35 bits per heavy atom. The van der Waals surface area contributed by atoms with E-state index in [1.807, 2.05) is 0 Å². The van der Waals surface area contributed by atoms with Crippen molar-refractivity contribution < 1.29 is 9.90 Å². The number of aromatic carboxylic acids is 1. The van der Waals surface area contributed by atoms with Crippen molar-refractivity contribution in [2.75, 3.05) is 6.26 Å². The van der Waals surface area contributed by atoms with Gasteiger partial charge in [0.2, 0.25) is 0 Å². The van der Waals surface area contributed by atoms with E-state index in [9.17, 15) is 4.79 Å². The van der Waals surface area contributed by atoms with Crippen LogP contribution in [0, 0.1) is 11.5 Å². The van der Waals surface area contributed by atoms with Crippen LogP contribution in [0.5, 0.6) is 0 Å². The summed E-state index contributed by atoms with van der Waals surface area (Å²) in [6.45, 7) is 0. The molecular weight excluding hydrogens is 262 g/mol. The SMILES string of the molecule is CSC(=Nc1ccc(C(=O)O)c(Cl)c1)NC#N. The molecule has 1 rings (SSSR count). The molecule has 2 N–H and O–H groups in total. The molecule has 0 radical (unpaired) electrons. The number of carboxylic acid groups (broad SMARTS) is 1. The van der Waals surface area contributed by atoms with Crippen molar-refractivity contribution in [3.8, 4) is 6.19 Å². The Morgan fingerprint density at radius 3 is 2.82 bits per heavy atom. The lowest BCUT2D eigenvalue weighted by Gasteiger charge is -2.02. The molecular formula is C10H8ClN3O2S. The van der Waals surface area contributed by atoms with Gasteiger partial charge in [-0.25, -0.2) is 9.79 Å². The number of rotatable bonds is 2. The Labute approximate surface area is 107 Å². The molecule has 17 heavy (non-hydrogen) atoms. The predicted molar refractivity (Wildman–Crippen MR) is 67.8 cm³/mol. The van der Waals surface area contributed by atoms with Crippen LogP contribution >= 0.6 is 23.4 Å². The van der Waals surface area contributed by atoms with Crippen LogP contribution < -0.4 is 5.32 Å².